The summed E-state index contributed by atoms with van der Waals surface area (Å²) in [5.74, 6) is -1.29. The van der Waals surface area contributed by atoms with E-state index < -0.39 is 23.3 Å². The monoisotopic (exact) mass is 242 g/mol. The summed E-state index contributed by atoms with van der Waals surface area (Å²) in [7, 11) is 0. The van der Waals surface area contributed by atoms with Crippen LogP contribution in [0.4, 0.5) is 8.78 Å². The van der Waals surface area contributed by atoms with Gasteiger partial charge in [0.2, 0.25) is 0 Å². The van der Waals surface area contributed by atoms with Crippen LogP contribution in [-0.4, -0.2) is 15.8 Å². The third-order valence-corrected chi connectivity index (χ3v) is 3.48. The molecule has 1 aliphatic rings. The maximum absolute atomic E-state index is 13.5. The van der Waals surface area contributed by atoms with Gasteiger partial charge < -0.3 is 10.2 Å². The third kappa shape index (κ3) is 2.48. The summed E-state index contributed by atoms with van der Waals surface area (Å²) in [6.45, 7) is 0. The Hall–Kier alpha value is -1.00. The zero-order valence-corrected chi connectivity index (χ0v) is 9.50. The first-order valence-corrected chi connectivity index (χ1v) is 5.88. The largest absolute Gasteiger partial charge is 0.387 e. The van der Waals surface area contributed by atoms with E-state index in [0.29, 0.717) is 12.8 Å². The molecular formula is C13H16F2O2. The minimum absolute atomic E-state index is 0.158. The van der Waals surface area contributed by atoms with Gasteiger partial charge in [-0.3, -0.25) is 0 Å². The van der Waals surface area contributed by atoms with Crippen molar-refractivity contribution in [2.75, 3.05) is 0 Å². The van der Waals surface area contributed by atoms with Crippen LogP contribution in [0.15, 0.2) is 18.2 Å². The molecule has 2 N–H and O–H groups in total. The second kappa shape index (κ2) is 4.70. The van der Waals surface area contributed by atoms with Crippen LogP contribution in [0, 0.1) is 11.6 Å². The van der Waals surface area contributed by atoms with Crippen molar-refractivity contribution in [3.8, 4) is 0 Å². The van der Waals surface area contributed by atoms with E-state index in [4.69, 9.17) is 0 Å². The molecule has 2 rings (SSSR count). The number of benzene rings is 1. The van der Waals surface area contributed by atoms with Gasteiger partial charge in [-0.2, -0.15) is 0 Å². The smallest absolute Gasteiger partial charge is 0.129 e. The van der Waals surface area contributed by atoms with Gasteiger partial charge in [-0.1, -0.05) is 19.3 Å². The Morgan fingerprint density at radius 3 is 2.41 bits per heavy atom. The summed E-state index contributed by atoms with van der Waals surface area (Å²) in [5, 5.41) is 20.3. The number of rotatable bonds is 2. The number of aliphatic hydroxyl groups is 2. The Balaban J connectivity index is 2.29. The van der Waals surface area contributed by atoms with Crippen LogP contribution < -0.4 is 0 Å². The van der Waals surface area contributed by atoms with Crippen molar-refractivity contribution in [1.29, 1.82) is 0 Å². The molecule has 94 valence electrons. The number of halogens is 2. The van der Waals surface area contributed by atoms with Gasteiger partial charge in [0.1, 0.15) is 17.7 Å². The van der Waals surface area contributed by atoms with Gasteiger partial charge in [0.05, 0.1) is 5.60 Å². The average molecular weight is 242 g/mol. The highest BCUT2D eigenvalue weighted by Gasteiger charge is 2.38. The van der Waals surface area contributed by atoms with Crippen LogP contribution in [0.5, 0.6) is 0 Å². The molecule has 0 saturated heterocycles. The van der Waals surface area contributed by atoms with Crippen molar-refractivity contribution < 1.29 is 19.0 Å². The Bertz CT molecular complexity index is 400. The van der Waals surface area contributed by atoms with Gasteiger partial charge in [0.15, 0.2) is 0 Å². The molecule has 0 heterocycles. The first-order valence-electron chi connectivity index (χ1n) is 5.88. The van der Waals surface area contributed by atoms with Crippen molar-refractivity contribution in [2.24, 2.45) is 0 Å². The van der Waals surface area contributed by atoms with E-state index in [2.05, 4.69) is 0 Å². The minimum atomic E-state index is -1.36. The summed E-state index contributed by atoms with van der Waals surface area (Å²) in [6.07, 6.45) is 2.07. The van der Waals surface area contributed by atoms with Gasteiger partial charge in [0.25, 0.3) is 0 Å². The zero-order valence-electron chi connectivity index (χ0n) is 9.50. The SMILES string of the molecule is OC(c1cc(F)ccc1F)C1(O)CCCCC1. The molecule has 0 bridgehead atoms. The first kappa shape index (κ1) is 12.5. The highest BCUT2D eigenvalue weighted by molar-refractivity contribution is 5.23. The van der Waals surface area contributed by atoms with E-state index in [-0.39, 0.29) is 5.56 Å². The molecule has 1 aromatic rings. The molecule has 1 atom stereocenters. The normalized spacial score (nSPS) is 21.2. The molecule has 1 unspecified atom stereocenters. The van der Waals surface area contributed by atoms with E-state index >= 15 is 0 Å². The highest BCUT2D eigenvalue weighted by atomic mass is 19.1. The van der Waals surface area contributed by atoms with E-state index in [1.54, 1.807) is 0 Å². The van der Waals surface area contributed by atoms with Gasteiger partial charge in [-0.15, -0.1) is 0 Å². The molecule has 0 spiro atoms. The summed E-state index contributed by atoms with van der Waals surface area (Å²) in [4.78, 5) is 0. The molecule has 1 aromatic carbocycles. The Labute approximate surface area is 98.9 Å². The summed E-state index contributed by atoms with van der Waals surface area (Å²) in [6, 6.07) is 2.92. The molecule has 0 aliphatic heterocycles. The maximum Gasteiger partial charge on any atom is 0.129 e. The second-order valence-corrected chi connectivity index (χ2v) is 4.73. The third-order valence-electron chi connectivity index (χ3n) is 3.48. The fraction of sp³-hybridized carbons (Fsp3) is 0.538. The van der Waals surface area contributed by atoms with Gasteiger partial charge in [-0.05, 0) is 31.0 Å². The van der Waals surface area contributed by atoms with Crippen molar-refractivity contribution in [3.63, 3.8) is 0 Å². The van der Waals surface area contributed by atoms with E-state index in [9.17, 15) is 19.0 Å². The van der Waals surface area contributed by atoms with Gasteiger partial charge in [-0.25, -0.2) is 8.78 Å². The highest BCUT2D eigenvalue weighted by Crippen LogP contribution is 2.39. The summed E-state index contributed by atoms with van der Waals surface area (Å²) >= 11 is 0. The van der Waals surface area contributed by atoms with E-state index in [1.807, 2.05) is 0 Å². The maximum atomic E-state index is 13.5. The van der Waals surface area contributed by atoms with Crippen molar-refractivity contribution in [3.05, 3.63) is 35.4 Å². The molecule has 1 fully saturated rings. The number of hydrogen-bond donors (Lipinski definition) is 2. The van der Waals surface area contributed by atoms with E-state index in [0.717, 1.165) is 37.5 Å². The van der Waals surface area contributed by atoms with Gasteiger partial charge >= 0.3 is 0 Å². The molecule has 0 aromatic heterocycles. The lowest BCUT2D eigenvalue weighted by atomic mass is 9.78. The standard InChI is InChI=1S/C13H16F2O2/c14-9-4-5-11(15)10(8-9)12(16)13(17)6-2-1-3-7-13/h4-5,8,12,16-17H,1-3,6-7H2. The Kier molecular flexibility index (Phi) is 3.45. The number of aliphatic hydroxyl groups excluding tert-OH is 1. The zero-order chi connectivity index (χ0) is 12.5. The molecule has 1 aliphatic carbocycles. The predicted octanol–water partition coefficient (Wildman–Crippen LogP) is 2.69. The lowest BCUT2D eigenvalue weighted by Crippen LogP contribution is -2.38. The molecule has 1 saturated carbocycles. The van der Waals surface area contributed by atoms with Crippen LogP contribution in [0.3, 0.4) is 0 Å². The molecule has 0 amide bonds. The fourth-order valence-corrected chi connectivity index (χ4v) is 2.45. The lowest BCUT2D eigenvalue weighted by Gasteiger charge is -2.36. The molecule has 0 radical (unpaired) electrons. The molecule has 17 heavy (non-hydrogen) atoms. The second-order valence-electron chi connectivity index (χ2n) is 4.73. The Morgan fingerprint density at radius 2 is 1.76 bits per heavy atom. The Morgan fingerprint density at radius 1 is 1.12 bits per heavy atom. The van der Waals surface area contributed by atoms with Crippen LogP contribution in [-0.2, 0) is 0 Å². The summed E-state index contributed by atoms with van der Waals surface area (Å²) in [5.41, 5.74) is -1.48. The van der Waals surface area contributed by atoms with Crippen LogP contribution >= 0.6 is 0 Å². The number of hydrogen-bond acceptors (Lipinski definition) is 2. The lowest BCUT2D eigenvalue weighted by molar-refractivity contribution is -0.100. The molecule has 2 nitrogen and oxygen atoms in total. The van der Waals surface area contributed by atoms with E-state index in [1.165, 1.54) is 0 Å². The topological polar surface area (TPSA) is 40.5 Å². The molecular weight excluding hydrogens is 226 g/mol. The first-order chi connectivity index (χ1) is 8.03. The van der Waals surface area contributed by atoms with Crippen LogP contribution in [0.25, 0.3) is 0 Å². The quantitative estimate of drug-likeness (QED) is 0.837. The van der Waals surface area contributed by atoms with Crippen LogP contribution in [0.2, 0.25) is 0 Å². The molecule has 4 heteroatoms. The van der Waals surface area contributed by atoms with Crippen LogP contribution in [0.1, 0.15) is 43.8 Å². The predicted molar refractivity (Wildman–Crippen MR) is 59.4 cm³/mol. The minimum Gasteiger partial charge on any atom is -0.387 e. The fourth-order valence-electron chi connectivity index (χ4n) is 2.45. The average Bonchev–Trinajstić information content (AvgIpc) is 2.32. The van der Waals surface area contributed by atoms with Crippen molar-refractivity contribution >= 4 is 0 Å². The van der Waals surface area contributed by atoms with Gasteiger partial charge in [0, 0.05) is 5.56 Å². The summed E-state index contributed by atoms with van der Waals surface area (Å²) < 4.78 is 26.5. The van der Waals surface area contributed by atoms with Crippen molar-refractivity contribution in [2.45, 2.75) is 43.8 Å². The van der Waals surface area contributed by atoms with Crippen molar-refractivity contribution in [1.82, 2.24) is 0 Å².